The van der Waals surface area contributed by atoms with Gasteiger partial charge in [-0.2, -0.15) is 0 Å². The number of para-hydroxylation sites is 1. The van der Waals surface area contributed by atoms with E-state index in [4.69, 9.17) is 11.5 Å². The minimum Gasteiger partial charge on any atom is -0.480 e. The van der Waals surface area contributed by atoms with Crippen molar-refractivity contribution in [2.45, 2.75) is 56.5 Å². The van der Waals surface area contributed by atoms with Crippen LogP contribution < -0.4 is 27.4 Å². The van der Waals surface area contributed by atoms with E-state index < -0.39 is 66.3 Å². The number of amides is 4. The van der Waals surface area contributed by atoms with Gasteiger partial charge in [0.05, 0.1) is 24.9 Å². The lowest BCUT2D eigenvalue weighted by Crippen LogP contribution is -2.60. The van der Waals surface area contributed by atoms with Crippen LogP contribution in [0, 0.1) is 0 Å². The van der Waals surface area contributed by atoms with Gasteiger partial charge in [-0.25, -0.2) is 9.78 Å². The number of carboxylic acid groups (broad SMARTS) is 1. The number of benzene rings is 1. The largest absolute Gasteiger partial charge is 0.480 e. The third-order valence-electron chi connectivity index (χ3n) is 6.15. The third-order valence-corrected chi connectivity index (χ3v) is 6.15. The maximum atomic E-state index is 13.0. The predicted octanol–water partition coefficient (Wildman–Crippen LogP) is -2.20. The number of aliphatic hydroxyl groups excluding tert-OH is 1. The topological polar surface area (TPSA) is 258 Å². The SMILES string of the molecule is CC(O)C(NC(=O)C(N)Cc1cnc[nH]1)C(=O)NC(CC(N)=O)C(=O)NC(Cc1c[nH]c2ccccc12)C(=O)O. The summed E-state index contributed by atoms with van der Waals surface area (Å²) in [6, 6.07) is 1.56. The molecule has 0 radical (unpaired) electrons. The lowest BCUT2D eigenvalue weighted by molar-refractivity contribution is -0.142. The number of aromatic nitrogens is 3. The van der Waals surface area contributed by atoms with Gasteiger partial charge in [0.1, 0.15) is 18.1 Å². The Kier molecular flexibility index (Phi) is 9.94. The molecule has 0 fully saturated rings. The molecule has 5 unspecified atom stereocenters. The lowest BCUT2D eigenvalue weighted by atomic mass is 10.0. The van der Waals surface area contributed by atoms with Crippen molar-refractivity contribution in [1.82, 2.24) is 30.9 Å². The molecule has 0 aliphatic carbocycles. The minimum atomic E-state index is -1.59. The normalized spacial score (nSPS) is 14.9. The molecule has 3 aromatic rings. The van der Waals surface area contributed by atoms with Gasteiger partial charge in [0.15, 0.2) is 0 Å². The quantitative estimate of drug-likeness (QED) is 0.104. The first kappa shape index (κ1) is 29.8. The molecule has 15 nitrogen and oxygen atoms in total. The summed E-state index contributed by atoms with van der Waals surface area (Å²) in [5, 5.41) is 27.6. The summed E-state index contributed by atoms with van der Waals surface area (Å²) >= 11 is 0. The van der Waals surface area contributed by atoms with Crippen LogP contribution in [0.15, 0.2) is 43.0 Å². The molecule has 5 atom stereocenters. The Morgan fingerprint density at radius 1 is 0.975 bits per heavy atom. The van der Waals surface area contributed by atoms with Gasteiger partial charge in [-0.1, -0.05) is 18.2 Å². The molecule has 0 saturated carbocycles. The van der Waals surface area contributed by atoms with Crippen molar-refractivity contribution in [1.29, 1.82) is 0 Å². The molecule has 0 bridgehead atoms. The van der Waals surface area contributed by atoms with Crippen LogP contribution in [-0.2, 0) is 36.8 Å². The Morgan fingerprint density at radius 3 is 2.30 bits per heavy atom. The van der Waals surface area contributed by atoms with Gasteiger partial charge in [0, 0.05) is 41.8 Å². The monoisotopic (exact) mass is 556 g/mol. The number of carboxylic acids is 1. The Morgan fingerprint density at radius 2 is 1.68 bits per heavy atom. The summed E-state index contributed by atoms with van der Waals surface area (Å²) in [6.07, 6.45) is 2.39. The van der Waals surface area contributed by atoms with Crippen LogP contribution in [0.3, 0.4) is 0 Å². The van der Waals surface area contributed by atoms with Crippen molar-refractivity contribution >= 4 is 40.5 Å². The Bertz CT molecular complexity index is 1350. The van der Waals surface area contributed by atoms with Gasteiger partial charge in [-0.15, -0.1) is 0 Å². The highest BCUT2D eigenvalue weighted by Crippen LogP contribution is 2.19. The number of nitrogens with two attached hydrogens (primary N) is 2. The van der Waals surface area contributed by atoms with Crippen LogP contribution >= 0.6 is 0 Å². The number of hydrogen-bond acceptors (Lipinski definition) is 8. The summed E-state index contributed by atoms with van der Waals surface area (Å²) in [4.78, 5) is 71.9. The first-order chi connectivity index (χ1) is 19.0. The van der Waals surface area contributed by atoms with Crippen LogP contribution in [0.5, 0.6) is 0 Å². The highest BCUT2D eigenvalue weighted by atomic mass is 16.4. The molecule has 11 N–H and O–H groups in total. The van der Waals surface area contributed by atoms with Crippen LogP contribution in [0.2, 0.25) is 0 Å². The smallest absolute Gasteiger partial charge is 0.326 e. The molecule has 2 aromatic heterocycles. The highest BCUT2D eigenvalue weighted by Gasteiger charge is 2.33. The molecule has 0 saturated heterocycles. The van der Waals surface area contributed by atoms with E-state index in [9.17, 15) is 34.2 Å². The van der Waals surface area contributed by atoms with Crippen LogP contribution in [0.25, 0.3) is 10.9 Å². The molecule has 1 aromatic carbocycles. The highest BCUT2D eigenvalue weighted by molar-refractivity contribution is 5.96. The molecule has 3 rings (SSSR count). The van der Waals surface area contributed by atoms with Crippen molar-refractivity contribution in [3.63, 3.8) is 0 Å². The van der Waals surface area contributed by atoms with Crippen molar-refractivity contribution < 1.29 is 34.2 Å². The summed E-state index contributed by atoms with van der Waals surface area (Å²) in [5.74, 6) is -5.07. The number of aliphatic carboxylic acids is 1. The summed E-state index contributed by atoms with van der Waals surface area (Å²) in [6.45, 7) is 1.23. The number of aromatic amines is 2. The number of carbonyl (C=O) groups excluding carboxylic acids is 4. The standard InChI is InChI=1S/C25H32N8O7/c1-12(34)21(33-22(36)16(26)7-14-10-28-11-30-14)24(38)31-18(8-20(27)35)23(37)32-19(25(39)40)6-13-9-29-17-5-3-2-4-15(13)17/h2-5,9-12,16,18-19,21,29,34H,6-8,26H2,1H3,(H2,27,35)(H,28,30)(H,31,38)(H,32,37)(H,33,36)(H,39,40). The van der Waals surface area contributed by atoms with E-state index in [-0.39, 0.29) is 12.8 Å². The molecular weight excluding hydrogens is 524 g/mol. The summed E-state index contributed by atoms with van der Waals surface area (Å²) in [5.41, 5.74) is 13.1. The number of aliphatic hydroxyl groups is 1. The van der Waals surface area contributed by atoms with Crippen molar-refractivity contribution in [2.24, 2.45) is 11.5 Å². The number of H-pyrrole nitrogens is 2. The number of hydrogen-bond donors (Lipinski definition) is 9. The average molecular weight is 557 g/mol. The van der Waals surface area contributed by atoms with Crippen LogP contribution in [-0.4, -0.2) is 85.0 Å². The van der Waals surface area contributed by atoms with Gasteiger partial charge in [-0.3, -0.25) is 19.2 Å². The molecular formula is C25H32N8O7. The second-order valence-corrected chi connectivity index (χ2v) is 9.31. The van der Waals surface area contributed by atoms with Crippen molar-refractivity contribution in [3.8, 4) is 0 Å². The maximum Gasteiger partial charge on any atom is 0.326 e. The fraction of sp³-hybridized carbons (Fsp3) is 0.360. The fourth-order valence-corrected chi connectivity index (χ4v) is 4.06. The van der Waals surface area contributed by atoms with Gasteiger partial charge >= 0.3 is 5.97 Å². The van der Waals surface area contributed by atoms with E-state index in [0.29, 0.717) is 11.3 Å². The zero-order valence-corrected chi connectivity index (χ0v) is 21.6. The Balaban J connectivity index is 1.70. The second-order valence-electron chi connectivity index (χ2n) is 9.31. The fourth-order valence-electron chi connectivity index (χ4n) is 4.06. The summed E-state index contributed by atoms with van der Waals surface area (Å²) < 4.78 is 0. The molecule has 0 spiro atoms. The van der Waals surface area contributed by atoms with Gasteiger partial charge in [-0.05, 0) is 18.6 Å². The van der Waals surface area contributed by atoms with Gasteiger partial charge in [0.25, 0.3) is 0 Å². The number of fused-ring (bicyclic) bond motifs is 1. The Hall–Kier alpha value is -4.76. The van der Waals surface area contributed by atoms with Crippen LogP contribution in [0.4, 0.5) is 0 Å². The molecule has 2 heterocycles. The van der Waals surface area contributed by atoms with E-state index in [1.165, 1.54) is 19.4 Å². The molecule has 15 heteroatoms. The zero-order valence-electron chi connectivity index (χ0n) is 21.6. The predicted molar refractivity (Wildman–Crippen MR) is 141 cm³/mol. The zero-order chi connectivity index (χ0) is 29.4. The molecule has 0 aliphatic rings. The van der Waals surface area contributed by atoms with Crippen LogP contribution in [0.1, 0.15) is 24.6 Å². The molecule has 0 aliphatic heterocycles. The average Bonchev–Trinajstić information content (AvgIpc) is 3.55. The number of primary amides is 1. The number of rotatable bonds is 14. The first-order valence-corrected chi connectivity index (χ1v) is 12.3. The Labute approximate surface area is 228 Å². The second kappa shape index (κ2) is 13.3. The van der Waals surface area contributed by atoms with E-state index in [1.807, 2.05) is 12.1 Å². The molecule has 4 amide bonds. The third kappa shape index (κ3) is 7.87. The van der Waals surface area contributed by atoms with E-state index in [0.717, 1.165) is 10.9 Å². The molecule has 40 heavy (non-hydrogen) atoms. The number of nitrogens with one attached hydrogen (secondary N) is 5. The van der Waals surface area contributed by atoms with Crippen molar-refractivity contribution in [2.75, 3.05) is 0 Å². The van der Waals surface area contributed by atoms with E-state index in [2.05, 4.69) is 30.9 Å². The lowest BCUT2D eigenvalue weighted by Gasteiger charge is -2.26. The molecule has 214 valence electrons. The summed E-state index contributed by atoms with van der Waals surface area (Å²) in [7, 11) is 0. The minimum absolute atomic E-state index is 0.0691. The van der Waals surface area contributed by atoms with E-state index in [1.54, 1.807) is 18.3 Å². The first-order valence-electron chi connectivity index (χ1n) is 12.3. The number of carbonyl (C=O) groups is 5. The van der Waals surface area contributed by atoms with Gasteiger partial charge in [0.2, 0.25) is 23.6 Å². The van der Waals surface area contributed by atoms with Crippen molar-refractivity contribution in [3.05, 3.63) is 54.2 Å². The van der Waals surface area contributed by atoms with Gasteiger partial charge < -0.3 is 47.6 Å². The van der Waals surface area contributed by atoms with E-state index >= 15 is 0 Å². The maximum absolute atomic E-state index is 13.0. The number of nitrogens with zero attached hydrogens (tertiary/aromatic N) is 1. The number of imidazole rings is 1.